The molecule has 0 unspecified atom stereocenters. The molecule has 0 aliphatic carbocycles. The van der Waals surface area contributed by atoms with Gasteiger partial charge >= 0.3 is 0 Å². The molecule has 2 aromatic heterocycles. The van der Waals surface area contributed by atoms with Gasteiger partial charge in [-0.05, 0) is 60.4 Å². The van der Waals surface area contributed by atoms with E-state index in [-0.39, 0.29) is 5.91 Å². The fourth-order valence-corrected chi connectivity index (χ4v) is 5.38. The molecule has 1 N–H and O–H groups in total. The smallest absolute Gasteiger partial charge is 0.268 e. The molecule has 4 nitrogen and oxygen atoms in total. The monoisotopic (exact) mass is 445 g/mol. The molecule has 1 aliphatic rings. The molecule has 3 heterocycles. The van der Waals surface area contributed by atoms with Crippen LogP contribution in [0, 0.1) is 6.92 Å². The second-order valence-electron chi connectivity index (χ2n) is 7.20. The number of aromatic nitrogens is 1. The third-order valence-electron chi connectivity index (χ3n) is 5.18. The van der Waals surface area contributed by atoms with Crippen molar-refractivity contribution in [3.63, 3.8) is 0 Å². The number of nitrogens with zero attached hydrogens (tertiary/aromatic N) is 2. The lowest BCUT2D eigenvalue weighted by atomic mass is 10.1. The van der Waals surface area contributed by atoms with E-state index in [9.17, 15) is 4.79 Å². The van der Waals surface area contributed by atoms with Crippen molar-refractivity contribution in [2.24, 2.45) is 0 Å². The standard InChI is InChI=1S/C21H24BrN3OS/c1-15-4-6-16(7-5-15)13-25-18(12-19-20(25)17(22)14-27-19)21(26)23-8-11-24-9-2-3-10-24/h4-7,12,14H,2-3,8-11,13H2,1H3,(H,23,26). The molecular formula is C21H24BrN3OS. The summed E-state index contributed by atoms with van der Waals surface area (Å²) in [6.45, 7) is 6.72. The second-order valence-corrected chi connectivity index (χ2v) is 8.97. The van der Waals surface area contributed by atoms with Crippen molar-refractivity contribution in [2.75, 3.05) is 26.2 Å². The van der Waals surface area contributed by atoms with Crippen molar-refractivity contribution >= 4 is 43.4 Å². The van der Waals surface area contributed by atoms with E-state index in [0.29, 0.717) is 13.1 Å². The number of fused-ring (bicyclic) bond motifs is 1. The van der Waals surface area contributed by atoms with E-state index in [1.165, 1.54) is 24.0 Å². The van der Waals surface area contributed by atoms with Crippen LogP contribution in [-0.2, 0) is 6.54 Å². The zero-order valence-corrected chi connectivity index (χ0v) is 17.9. The SMILES string of the molecule is Cc1ccc(Cn2c(C(=O)NCCN3CCCC3)cc3scc(Br)c32)cc1. The summed E-state index contributed by atoms with van der Waals surface area (Å²) in [7, 11) is 0. The Labute approximate surface area is 172 Å². The maximum Gasteiger partial charge on any atom is 0.268 e. The average molecular weight is 446 g/mol. The van der Waals surface area contributed by atoms with Crippen LogP contribution < -0.4 is 5.32 Å². The van der Waals surface area contributed by atoms with Crippen LogP contribution in [-0.4, -0.2) is 41.6 Å². The number of rotatable bonds is 6. The van der Waals surface area contributed by atoms with Gasteiger partial charge in [0.25, 0.3) is 5.91 Å². The van der Waals surface area contributed by atoms with Gasteiger partial charge in [-0.25, -0.2) is 0 Å². The highest BCUT2D eigenvalue weighted by Gasteiger charge is 2.19. The Hall–Kier alpha value is -1.63. The Balaban J connectivity index is 1.55. The average Bonchev–Trinajstić information content (AvgIpc) is 3.37. The molecule has 3 aromatic rings. The maximum atomic E-state index is 12.9. The van der Waals surface area contributed by atoms with Crippen molar-refractivity contribution in [3.05, 3.63) is 57.0 Å². The number of nitrogens with one attached hydrogen (secondary N) is 1. The van der Waals surface area contributed by atoms with Gasteiger partial charge in [0.2, 0.25) is 0 Å². The molecule has 0 atom stereocenters. The Morgan fingerprint density at radius 3 is 2.70 bits per heavy atom. The number of thiophene rings is 1. The predicted octanol–water partition coefficient (Wildman–Crippen LogP) is 4.65. The summed E-state index contributed by atoms with van der Waals surface area (Å²) in [4.78, 5) is 15.3. The summed E-state index contributed by atoms with van der Waals surface area (Å²) in [5.74, 6) is 0.0107. The highest BCUT2D eigenvalue weighted by molar-refractivity contribution is 9.10. The van der Waals surface area contributed by atoms with Gasteiger partial charge in [-0.3, -0.25) is 4.79 Å². The lowest BCUT2D eigenvalue weighted by Crippen LogP contribution is -2.34. The first-order chi connectivity index (χ1) is 13.1. The predicted molar refractivity (Wildman–Crippen MR) is 116 cm³/mol. The Morgan fingerprint density at radius 2 is 1.96 bits per heavy atom. The Morgan fingerprint density at radius 1 is 1.22 bits per heavy atom. The molecular weight excluding hydrogens is 422 g/mol. The van der Waals surface area contributed by atoms with E-state index >= 15 is 0 Å². The van der Waals surface area contributed by atoms with Gasteiger partial charge < -0.3 is 14.8 Å². The van der Waals surface area contributed by atoms with Crippen molar-refractivity contribution < 1.29 is 4.79 Å². The Bertz CT molecular complexity index is 938. The van der Waals surface area contributed by atoms with Gasteiger partial charge in [0, 0.05) is 25.0 Å². The van der Waals surface area contributed by atoms with Gasteiger partial charge in [0.15, 0.2) is 0 Å². The molecule has 0 bridgehead atoms. The largest absolute Gasteiger partial charge is 0.349 e. The van der Waals surface area contributed by atoms with Crippen LogP contribution in [0.4, 0.5) is 0 Å². The summed E-state index contributed by atoms with van der Waals surface area (Å²) in [6.07, 6.45) is 2.55. The molecule has 1 fully saturated rings. The number of hydrogen-bond donors (Lipinski definition) is 1. The number of likely N-dealkylation sites (tertiary alicyclic amines) is 1. The third kappa shape index (κ3) is 4.13. The molecule has 142 valence electrons. The van der Waals surface area contributed by atoms with Gasteiger partial charge in [-0.15, -0.1) is 11.3 Å². The minimum absolute atomic E-state index is 0.0107. The molecule has 27 heavy (non-hydrogen) atoms. The molecule has 1 aliphatic heterocycles. The summed E-state index contributed by atoms with van der Waals surface area (Å²) >= 11 is 5.32. The normalized spacial score (nSPS) is 14.9. The van der Waals surface area contributed by atoms with Crippen molar-refractivity contribution in [1.29, 1.82) is 0 Å². The first-order valence-electron chi connectivity index (χ1n) is 9.44. The zero-order chi connectivity index (χ0) is 18.8. The number of aryl methyl sites for hydroxylation is 1. The van der Waals surface area contributed by atoms with E-state index < -0.39 is 0 Å². The fraction of sp³-hybridized carbons (Fsp3) is 0.381. The summed E-state index contributed by atoms with van der Waals surface area (Å²) in [5, 5.41) is 5.21. The highest BCUT2D eigenvalue weighted by Crippen LogP contribution is 2.33. The van der Waals surface area contributed by atoms with Crippen molar-refractivity contribution in [3.8, 4) is 0 Å². The molecule has 0 saturated carbocycles. The van der Waals surface area contributed by atoms with Crippen LogP contribution in [0.5, 0.6) is 0 Å². The van der Waals surface area contributed by atoms with Crippen LogP contribution in [0.2, 0.25) is 0 Å². The van der Waals surface area contributed by atoms with Gasteiger partial charge in [-0.1, -0.05) is 29.8 Å². The van der Waals surface area contributed by atoms with Crippen molar-refractivity contribution in [2.45, 2.75) is 26.3 Å². The minimum atomic E-state index is 0.0107. The van der Waals surface area contributed by atoms with E-state index in [2.05, 4.69) is 67.3 Å². The van der Waals surface area contributed by atoms with Crippen LogP contribution in [0.1, 0.15) is 34.5 Å². The highest BCUT2D eigenvalue weighted by atomic mass is 79.9. The maximum absolute atomic E-state index is 12.9. The molecule has 4 rings (SSSR count). The molecule has 0 spiro atoms. The first-order valence-corrected chi connectivity index (χ1v) is 11.1. The number of carbonyl (C=O) groups is 1. The molecule has 0 radical (unpaired) electrons. The van der Waals surface area contributed by atoms with Crippen LogP contribution in [0.15, 0.2) is 40.2 Å². The first kappa shape index (κ1) is 18.7. The summed E-state index contributed by atoms with van der Waals surface area (Å²) < 4.78 is 4.32. The fourth-order valence-electron chi connectivity index (χ4n) is 3.68. The Kier molecular flexibility index (Phi) is 5.66. The van der Waals surface area contributed by atoms with Crippen LogP contribution in [0.3, 0.4) is 0 Å². The summed E-state index contributed by atoms with van der Waals surface area (Å²) in [6, 6.07) is 10.5. The second kappa shape index (κ2) is 8.17. The van der Waals surface area contributed by atoms with E-state index in [0.717, 1.165) is 40.0 Å². The van der Waals surface area contributed by atoms with Crippen LogP contribution in [0.25, 0.3) is 10.2 Å². The minimum Gasteiger partial charge on any atom is -0.349 e. The lowest BCUT2D eigenvalue weighted by Gasteiger charge is -2.15. The number of carbonyl (C=O) groups excluding carboxylic acids is 1. The van der Waals surface area contributed by atoms with Crippen LogP contribution >= 0.6 is 27.3 Å². The van der Waals surface area contributed by atoms with Crippen molar-refractivity contribution in [1.82, 2.24) is 14.8 Å². The van der Waals surface area contributed by atoms with E-state index in [1.54, 1.807) is 11.3 Å². The zero-order valence-electron chi connectivity index (χ0n) is 15.5. The quantitative estimate of drug-likeness (QED) is 0.599. The van der Waals surface area contributed by atoms with E-state index in [1.807, 2.05) is 6.07 Å². The summed E-state index contributed by atoms with van der Waals surface area (Å²) in [5.41, 5.74) is 4.28. The van der Waals surface area contributed by atoms with Gasteiger partial charge in [-0.2, -0.15) is 0 Å². The number of hydrogen-bond acceptors (Lipinski definition) is 3. The number of amides is 1. The topological polar surface area (TPSA) is 37.3 Å². The van der Waals surface area contributed by atoms with Gasteiger partial charge in [0.05, 0.1) is 14.7 Å². The van der Waals surface area contributed by atoms with E-state index in [4.69, 9.17) is 0 Å². The number of halogens is 1. The lowest BCUT2D eigenvalue weighted by molar-refractivity contribution is 0.0941. The molecule has 1 aromatic carbocycles. The molecule has 1 amide bonds. The molecule has 6 heteroatoms. The van der Waals surface area contributed by atoms with Gasteiger partial charge in [0.1, 0.15) is 5.69 Å². The number of benzene rings is 1. The molecule has 1 saturated heterocycles. The third-order valence-corrected chi connectivity index (χ3v) is 7.01.